The molecule has 150 valence electrons. The molecule has 0 aliphatic heterocycles. The van der Waals surface area contributed by atoms with Gasteiger partial charge in [0.2, 0.25) is 0 Å². The van der Waals surface area contributed by atoms with Crippen LogP contribution < -0.4 is 0 Å². The number of rotatable bonds is 11. The Bertz CT molecular complexity index is 424. The highest BCUT2D eigenvalue weighted by molar-refractivity contribution is 7.99. The van der Waals surface area contributed by atoms with E-state index < -0.39 is 42.8 Å². The summed E-state index contributed by atoms with van der Waals surface area (Å²) in [6.07, 6.45) is -8.10. The molecule has 0 aliphatic carbocycles. The highest BCUT2D eigenvalue weighted by Gasteiger charge is 2.81. The van der Waals surface area contributed by atoms with E-state index in [0.29, 0.717) is 6.42 Å². The lowest BCUT2D eigenvalue weighted by Gasteiger charge is -2.33. The molecule has 0 unspecified atom stereocenters. The maximum Gasteiger partial charge on any atom is 0.460 e. The highest BCUT2D eigenvalue weighted by Crippen LogP contribution is 2.54. The molecule has 0 fully saturated rings. The smallest absolute Gasteiger partial charge is 0.460 e. The zero-order chi connectivity index (χ0) is 19.9. The number of carbonyl (C=O) groups is 1. The molecule has 0 saturated heterocycles. The Balaban J connectivity index is 4.43. The third-order valence-electron chi connectivity index (χ3n) is 2.97. The van der Waals surface area contributed by atoms with Gasteiger partial charge in [-0.05, 0) is 18.6 Å². The molecule has 0 aromatic heterocycles. The number of alkyl halides is 9. The van der Waals surface area contributed by atoms with E-state index >= 15 is 0 Å². The highest BCUT2D eigenvalue weighted by atomic mass is 32.2. The van der Waals surface area contributed by atoms with Crippen molar-refractivity contribution in [1.29, 1.82) is 0 Å². The van der Waals surface area contributed by atoms with E-state index in [9.17, 15) is 44.3 Å². The van der Waals surface area contributed by atoms with Gasteiger partial charge in [-0.1, -0.05) is 13.3 Å². The molecule has 2 nitrogen and oxygen atoms in total. The third-order valence-corrected chi connectivity index (χ3v) is 3.99. The van der Waals surface area contributed by atoms with Crippen molar-refractivity contribution in [3.8, 4) is 0 Å². The quantitative estimate of drug-likeness (QED) is 0.263. The van der Waals surface area contributed by atoms with Crippen LogP contribution in [0.25, 0.3) is 0 Å². The van der Waals surface area contributed by atoms with Gasteiger partial charge in [-0.3, -0.25) is 4.79 Å². The summed E-state index contributed by atoms with van der Waals surface area (Å²) in [4.78, 5) is 11.1. The lowest BCUT2D eigenvalue weighted by atomic mass is 10.00. The van der Waals surface area contributed by atoms with E-state index in [2.05, 4.69) is 0 Å². The maximum absolute atomic E-state index is 13.2. The molecule has 0 rings (SSSR count). The second kappa shape index (κ2) is 9.22. The van der Waals surface area contributed by atoms with Crippen molar-refractivity contribution in [2.24, 2.45) is 0 Å². The Kier molecular flexibility index (Phi) is 8.92. The summed E-state index contributed by atoms with van der Waals surface area (Å²) in [6, 6.07) is 0. The van der Waals surface area contributed by atoms with Gasteiger partial charge in [0, 0.05) is 6.42 Å². The van der Waals surface area contributed by atoms with Crippen LogP contribution in [0.15, 0.2) is 0 Å². The summed E-state index contributed by atoms with van der Waals surface area (Å²) in [5.74, 6) is -20.3. The second-order valence-electron chi connectivity index (χ2n) is 5.08. The predicted molar refractivity (Wildman–Crippen MR) is 73.3 cm³/mol. The molecule has 0 amide bonds. The Labute approximate surface area is 142 Å². The minimum Gasteiger partial charge on any atom is -0.465 e. The number of halogens is 9. The number of carbonyl (C=O) groups excluding carboxylic acids is 1. The maximum atomic E-state index is 13.2. The van der Waals surface area contributed by atoms with Crippen molar-refractivity contribution in [2.75, 3.05) is 18.1 Å². The summed E-state index contributed by atoms with van der Waals surface area (Å²) >= 11 is 0.721. The van der Waals surface area contributed by atoms with Gasteiger partial charge in [0.25, 0.3) is 0 Å². The number of ether oxygens (including phenoxy) is 1. The molecule has 0 N–H and O–H groups in total. The van der Waals surface area contributed by atoms with E-state index in [1.165, 1.54) is 0 Å². The van der Waals surface area contributed by atoms with Crippen molar-refractivity contribution in [1.82, 2.24) is 0 Å². The standard InChI is InChI=1S/C13H17F9O2S/c1-2-3-6-24-9(23)8-25-7-4-5-10(14,15)11(16,17)12(18,19)13(20,21)22/h2-8H2,1H3. The molecular formula is C13H17F9O2S. The Morgan fingerprint density at radius 1 is 0.920 bits per heavy atom. The molecule has 0 bridgehead atoms. The molecule has 0 aromatic rings. The van der Waals surface area contributed by atoms with Gasteiger partial charge in [0.1, 0.15) is 0 Å². The van der Waals surface area contributed by atoms with E-state index in [1.54, 1.807) is 0 Å². The first-order chi connectivity index (χ1) is 11.2. The number of thioether (sulfide) groups is 1. The number of esters is 1. The summed E-state index contributed by atoms with van der Waals surface area (Å²) in [7, 11) is 0. The Hall–Kier alpha value is -0.810. The molecular weight excluding hydrogens is 391 g/mol. The lowest BCUT2D eigenvalue weighted by molar-refractivity contribution is -0.396. The molecule has 12 heteroatoms. The largest absolute Gasteiger partial charge is 0.465 e. The van der Waals surface area contributed by atoms with Crippen molar-refractivity contribution in [3.05, 3.63) is 0 Å². The van der Waals surface area contributed by atoms with Crippen molar-refractivity contribution in [2.45, 2.75) is 56.6 Å². The molecule has 25 heavy (non-hydrogen) atoms. The van der Waals surface area contributed by atoms with Crippen molar-refractivity contribution >= 4 is 17.7 Å². The van der Waals surface area contributed by atoms with Crippen LogP contribution in [0.3, 0.4) is 0 Å². The lowest BCUT2D eigenvalue weighted by Crippen LogP contribution is -2.60. The van der Waals surface area contributed by atoms with Gasteiger partial charge >= 0.3 is 29.9 Å². The minimum atomic E-state index is -6.86. The fourth-order valence-corrected chi connectivity index (χ4v) is 2.23. The normalized spacial score (nSPS) is 13.8. The third kappa shape index (κ3) is 6.45. The van der Waals surface area contributed by atoms with E-state index in [4.69, 9.17) is 4.74 Å². The predicted octanol–water partition coefficient (Wildman–Crippen LogP) is 5.31. The topological polar surface area (TPSA) is 26.3 Å². The van der Waals surface area contributed by atoms with Gasteiger partial charge in [0.05, 0.1) is 12.4 Å². The molecule has 0 aliphatic rings. The zero-order valence-electron chi connectivity index (χ0n) is 13.1. The molecule has 0 spiro atoms. The van der Waals surface area contributed by atoms with Gasteiger partial charge < -0.3 is 4.74 Å². The first kappa shape index (κ1) is 24.2. The second-order valence-corrected chi connectivity index (χ2v) is 6.19. The Morgan fingerprint density at radius 3 is 1.96 bits per heavy atom. The average molecular weight is 408 g/mol. The summed E-state index contributed by atoms with van der Waals surface area (Å²) in [5, 5.41) is 0. The minimum absolute atomic E-state index is 0.159. The van der Waals surface area contributed by atoms with E-state index in [-0.39, 0.29) is 18.1 Å². The SMILES string of the molecule is CCCCOC(=O)CSCCCC(F)(F)C(F)(F)C(F)(F)C(F)(F)F. The van der Waals surface area contributed by atoms with Gasteiger partial charge in [-0.2, -0.15) is 51.3 Å². The zero-order valence-corrected chi connectivity index (χ0v) is 13.9. The van der Waals surface area contributed by atoms with Crippen LogP contribution in [-0.4, -0.2) is 48.0 Å². The van der Waals surface area contributed by atoms with Crippen LogP contribution in [-0.2, 0) is 9.53 Å². The van der Waals surface area contributed by atoms with Gasteiger partial charge in [0.15, 0.2) is 0 Å². The summed E-state index contributed by atoms with van der Waals surface area (Å²) < 4.78 is 118. The molecule has 0 radical (unpaired) electrons. The number of hydrogen-bond donors (Lipinski definition) is 0. The van der Waals surface area contributed by atoms with E-state index in [0.717, 1.165) is 18.2 Å². The average Bonchev–Trinajstić information content (AvgIpc) is 2.45. The van der Waals surface area contributed by atoms with E-state index in [1.807, 2.05) is 6.92 Å². The monoisotopic (exact) mass is 408 g/mol. The number of hydrogen-bond acceptors (Lipinski definition) is 3. The molecule has 0 heterocycles. The fourth-order valence-electron chi connectivity index (χ4n) is 1.49. The van der Waals surface area contributed by atoms with Gasteiger partial charge in [-0.25, -0.2) is 0 Å². The molecule has 0 atom stereocenters. The first-order valence-corrected chi connectivity index (χ1v) is 8.29. The molecule has 0 saturated carbocycles. The first-order valence-electron chi connectivity index (χ1n) is 7.14. The Morgan fingerprint density at radius 2 is 1.48 bits per heavy atom. The molecule has 0 aromatic carbocycles. The number of unbranched alkanes of at least 4 members (excludes halogenated alkanes) is 1. The van der Waals surface area contributed by atoms with Crippen molar-refractivity contribution in [3.63, 3.8) is 0 Å². The van der Waals surface area contributed by atoms with Crippen molar-refractivity contribution < 1.29 is 49.0 Å². The summed E-state index contributed by atoms with van der Waals surface area (Å²) in [5.41, 5.74) is 0. The van der Waals surface area contributed by atoms with Crippen LogP contribution in [0, 0.1) is 0 Å². The van der Waals surface area contributed by atoms with Crippen LogP contribution in [0.1, 0.15) is 32.6 Å². The van der Waals surface area contributed by atoms with Crippen LogP contribution in [0.5, 0.6) is 0 Å². The van der Waals surface area contributed by atoms with Gasteiger partial charge in [-0.15, -0.1) is 0 Å². The van der Waals surface area contributed by atoms with Crippen LogP contribution >= 0.6 is 11.8 Å². The summed E-state index contributed by atoms with van der Waals surface area (Å²) in [6.45, 7) is 2.01. The van der Waals surface area contributed by atoms with Crippen LogP contribution in [0.4, 0.5) is 39.5 Å². The fraction of sp³-hybridized carbons (Fsp3) is 0.923. The van der Waals surface area contributed by atoms with Crippen LogP contribution in [0.2, 0.25) is 0 Å².